The van der Waals surface area contributed by atoms with Crippen molar-refractivity contribution in [2.45, 2.75) is 26.3 Å². The molecule has 26 heavy (non-hydrogen) atoms. The van der Waals surface area contributed by atoms with Crippen LogP contribution < -0.4 is 10.1 Å². The summed E-state index contributed by atoms with van der Waals surface area (Å²) >= 11 is 0. The number of nitrogens with zero attached hydrogens (tertiary/aromatic N) is 2. The summed E-state index contributed by atoms with van der Waals surface area (Å²) in [6.45, 7) is 2.54. The van der Waals surface area contributed by atoms with Crippen molar-refractivity contribution in [3.8, 4) is 17.2 Å². The zero-order valence-electron chi connectivity index (χ0n) is 14.9. The SMILES string of the molecule is COc1cccc(-c2nnc(CCC(=O)NCc3cccc(C)c3)o2)c1. The lowest BCUT2D eigenvalue weighted by Gasteiger charge is -2.05. The molecule has 0 fully saturated rings. The van der Waals surface area contributed by atoms with Gasteiger partial charge in [-0.05, 0) is 30.7 Å². The van der Waals surface area contributed by atoms with Crippen molar-refractivity contribution in [1.82, 2.24) is 15.5 Å². The Balaban J connectivity index is 1.52. The van der Waals surface area contributed by atoms with Gasteiger partial charge in [-0.25, -0.2) is 0 Å². The summed E-state index contributed by atoms with van der Waals surface area (Å²) in [5, 5.41) is 11.0. The molecule has 1 heterocycles. The molecule has 3 aromatic rings. The van der Waals surface area contributed by atoms with Gasteiger partial charge in [-0.2, -0.15) is 0 Å². The Morgan fingerprint density at radius 3 is 2.81 bits per heavy atom. The minimum atomic E-state index is -0.0485. The van der Waals surface area contributed by atoms with Gasteiger partial charge >= 0.3 is 0 Å². The molecule has 6 nitrogen and oxygen atoms in total. The van der Waals surface area contributed by atoms with Crippen LogP contribution in [0.4, 0.5) is 0 Å². The van der Waals surface area contributed by atoms with Crippen molar-refractivity contribution in [3.63, 3.8) is 0 Å². The number of methoxy groups -OCH3 is 1. The molecule has 1 aromatic heterocycles. The number of aryl methyl sites for hydroxylation is 2. The number of carbonyl (C=O) groups excluding carboxylic acids is 1. The highest BCUT2D eigenvalue weighted by Crippen LogP contribution is 2.22. The van der Waals surface area contributed by atoms with E-state index in [4.69, 9.17) is 9.15 Å². The summed E-state index contributed by atoms with van der Waals surface area (Å²) in [4.78, 5) is 12.0. The largest absolute Gasteiger partial charge is 0.497 e. The molecular weight excluding hydrogens is 330 g/mol. The first-order chi connectivity index (χ1) is 12.6. The van der Waals surface area contributed by atoms with Crippen LogP contribution in [0.2, 0.25) is 0 Å². The Labute approximate surface area is 152 Å². The molecule has 0 aliphatic carbocycles. The van der Waals surface area contributed by atoms with Crippen molar-refractivity contribution < 1.29 is 13.9 Å². The highest BCUT2D eigenvalue weighted by Gasteiger charge is 2.11. The molecule has 0 spiro atoms. The molecule has 1 amide bonds. The number of nitrogens with one attached hydrogen (secondary N) is 1. The van der Waals surface area contributed by atoms with E-state index in [1.54, 1.807) is 7.11 Å². The van der Waals surface area contributed by atoms with Gasteiger partial charge in [-0.15, -0.1) is 10.2 Å². The highest BCUT2D eigenvalue weighted by atomic mass is 16.5. The highest BCUT2D eigenvalue weighted by molar-refractivity contribution is 5.76. The molecule has 3 rings (SSSR count). The predicted octanol–water partition coefficient (Wildman–Crippen LogP) is 3.30. The first kappa shape index (κ1) is 17.7. The third-order valence-electron chi connectivity index (χ3n) is 3.92. The van der Waals surface area contributed by atoms with Crippen molar-refractivity contribution in [1.29, 1.82) is 0 Å². The lowest BCUT2D eigenvalue weighted by molar-refractivity contribution is -0.121. The van der Waals surface area contributed by atoms with E-state index in [-0.39, 0.29) is 5.91 Å². The monoisotopic (exact) mass is 351 g/mol. The fraction of sp³-hybridized carbons (Fsp3) is 0.250. The number of benzene rings is 2. The van der Waals surface area contributed by atoms with Crippen LogP contribution in [0, 0.1) is 6.92 Å². The van der Waals surface area contributed by atoms with Crippen LogP contribution in [0.5, 0.6) is 5.75 Å². The van der Waals surface area contributed by atoms with Crippen molar-refractivity contribution in [2.24, 2.45) is 0 Å². The number of aromatic nitrogens is 2. The van der Waals surface area contributed by atoms with E-state index in [1.165, 1.54) is 5.56 Å². The number of ether oxygens (including phenoxy) is 1. The minimum Gasteiger partial charge on any atom is -0.497 e. The number of carbonyl (C=O) groups is 1. The lowest BCUT2D eigenvalue weighted by Crippen LogP contribution is -2.23. The second-order valence-electron chi connectivity index (χ2n) is 6.00. The number of hydrogen-bond acceptors (Lipinski definition) is 5. The summed E-state index contributed by atoms with van der Waals surface area (Å²) in [5.74, 6) is 1.53. The standard InChI is InChI=1S/C20H21N3O3/c1-14-5-3-6-15(11-14)13-21-18(24)9-10-19-22-23-20(26-19)16-7-4-8-17(12-16)25-2/h3-8,11-12H,9-10,13H2,1-2H3,(H,21,24). The maximum atomic E-state index is 12.0. The summed E-state index contributed by atoms with van der Waals surface area (Å²) < 4.78 is 10.8. The molecule has 0 atom stereocenters. The third-order valence-corrected chi connectivity index (χ3v) is 3.92. The number of rotatable bonds is 7. The fourth-order valence-electron chi connectivity index (χ4n) is 2.56. The second-order valence-corrected chi connectivity index (χ2v) is 6.00. The van der Waals surface area contributed by atoms with E-state index in [0.717, 1.165) is 16.9 Å². The topological polar surface area (TPSA) is 77.2 Å². The van der Waals surface area contributed by atoms with Crippen LogP contribution in [-0.2, 0) is 17.8 Å². The summed E-state index contributed by atoms with van der Waals surface area (Å²) in [5.41, 5.74) is 3.04. The lowest BCUT2D eigenvalue weighted by atomic mass is 10.1. The second kappa shape index (κ2) is 8.29. The van der Waals surface area contributed by atoms with Gasteiger partial charge in [-0.1, -0.05) is 35.9 Å². The van der Waals surface area contributed by atoms with Gasteiger partial charge in [0.05, 0.1) is 7.11 Å². The van der Waals surface area contributed by atoms with Crippen molar-refractivity contribution >= 4 is 5.91 Å². The zero-order chi connectivity index (χ0) is 18.4. The van der Waals surface area contributed by atoms with Gasteiger partial charge < -0.3 is 14.5 Å². The van der Waals surface area contributed by atoms with E-state index in [0.29, 0.717) is 31.2 Å². The predicted molar refractivity (Wildman–Crippen MR) is 97.6 cm³/mol. The maximum Gasteiger partial charge on any atom is 0.247 e. The summed E-state index contributed by atoms with van der Waals surface area (Å²) in [6.07, 6.45) is 0.697. The molecule has 1 N–H and O–H groups in total. The average molecular weight is 351 g/mol. The van der Waals surface area contributed by atoms with E-state index in [9.17, 15) is 4.79 Å². The Morgan fingerprint density at radius 1 is 1.15 bits per heavy atom. The van der Waals surface area contributed by atoms with E-state index < -0.39 is 0 Å². The average Bonchev–Trinajstić information content (AvgIpc) is 3.14. The van der Waals surface area contributed by atoms with E-state index >= 15 is 0 Å². The number of hydrogen-bond donors (Lipinski definition) is 1. The van der Waals surface area contributed by atoms with Crippen LogP contribution in [0.25, 0.3) is 11.5 Å². The smallest absolute Gasteiger partial charge is 0.247 e. The Morgan fingerprint density at radius 2 is 2.00 bits per heavy atom. The van der Waals surface area contributed by atoms with Gasteiger partial charge in [-0.3, -0.25) is 4.79 Å². The molecule has 134 valence electrons. The molecule has 2 aromatic carbocycles. The Hall–Kier alpha value is -3.15. The molecule has 0 bridgehead atoms. The first-order valence-electron chi connectivity index (χ1n) is 8.43. The zero-order valence-corrected chi connectivity index (χ0v) is 14.9. The van der Waals surface area contributed by atoms with Gasteiger partial charge in [0.2, 0.25) is 17.7 Å². The van der Waals surface area contributed by atoms with Gasteiger partial charge in [0.25, 0.3) is 0 Å². The van der Waals surface area contributed by atoms with Gasteiger partial charge in [0, 0.05) is 24.9 Å². The molecule has 6 heteroatoms. The van der Waals surface area contributed by atoms with Crippen LogP contribution in [0.3, 0.4) is 0 Å². The third kappa shape index (κ3) is 4.69. The van der Waals surface area contributed by atoms with Crippen LogP contribution in [0.15, 0.2) is 52.9 Å². The quantitative estimate of drug-likeness (QED) is 0.707. The van der Waals surface area contributed by atoms with Crippen molar-refractivity contribution in [2.75, 3.05) is 7.11 Å². The maximum absolute atomic E-state index is 12.0. The molecule has 0 saturated carbocycles. The molecule has 0 aliphatic heterocycles. The van der Waals surface area contributed by atoms with E-state index in [2.05, 4.69) is 21.6 Å². The number of amides is 1. The summed E-state index contributed by atoms with van der Waals surface area (Å²) in [6, 6.07) is 15.5. The molecule has 0 aliphatic rings. The summed E-state index contributed by atoms with van der Waals surface area (Å²) in [7, 11) is 1.60. The fourth-order valence-corrected chi connectivity index (χ4v) is 2.56. The molecule has 0 saturated heterocycles. The van der Waals surface area contributed by atoms with Crippen molar-refractivity contribution in [3.05, 3.63) is 65.5 Å². The Kier molecular flexibility index (Phi) is 5.63. The van der Waals surface area contributed by atoms with Crippen LogP contribution >= 0.6 is 0 Å². The van der Waals surface area contributed by atoms with Crippen LogP contribution in [0.1, 0.15) is 23.4 Å². The van der Waals surface area contributed by atoms with E-state index in [1.807, 2.05) is 49.4 Å². The van der Waals surface area contributed by atoms with Gasteiger partial charge in [0.1, 0.15) is 5.75 Å². The normalized spacial score (nSPS) is 10.5. The first-order valence-corrected chi connectivity index (χ1v) is 8.43. The molecule has 0 unspecified atom stereocenters. The van der Waals surface area contributed by atoms with Crippen LogP contribution in [-0.4, -0.2) is 23.2 Å². The molecule has 0 radical (unpaired) electrons. The Bertz CT molecular complexity index is 889. The van der Waals surface area contributed by atoms with Gasteiger partial charge in [0.15, 0.2) is 0 Å². The molecular formula is C20H21N3O3. The minimum absolute atomic E-state index is 0.0485.